The Kier molecular flexibility index (Phi) is 5.59. The summed E-state index contributed by atoms with van der Waals surface area (Å²) in [5.74, 6) is -0.0127. The minimum absolute atomic E-state index is 0.0127. The van der Waals surface area contributed by atoms with Crippen LogP contribution in [0.5, 0.6) is 0 Å². The molecule has 0 aliphatic carbocycles. The third-order valence-corrected chi connectivity index (χ3v) is 2.43. The number of pyridine rings is 1. The first kappa shape index (κ1) is 13.6. The zero-order chi connectivity index (χ0) is 12.7. The van der Waals surface area contributed by atoms with Gasteiger partial charge in [0.25, 0.3) is 5.91 Å². The minimum atomic E-state index is -0.0127. The molecule has 0 radical (unpaired) electrons. The highest BCUT2D eigenvalue weighted by Gasteiger charge is 2.13. The van der Waals surface area contributed by atoms with Gasteiger partial charge in [0.1, 0.15) is 0 Å². The van der Waals surface area contributed by atoms with Gasteiger partial charge in [-0.15, -0.1) is 0 Å². The van der Waals surface area contributed by atoms with Crippen LogP contribution in [0.3, 0.4) is 0 Å². The molecule has 17 heavy (non-hydrogen) atoms. The van der Waals surface area contributed by atoms with Crippen LogP contribution in [0.25, 0.3) is 0 Å². The van der Waals surface area contributed by atoms with Gasteiger partial charge >= 0.3 is 0 Å². The summed E-state index contributed by atoms with van der Waals surface area (Å²) in [7, 11) is 1.76. The van der Waals surface area contributed by atoms with E-state index in [1.165, 1.54) is 0 Å². The number of hydrogen-bond donors (Lipinski definition) is 1. The number of carbonyl (C=O) groups is 1. The average molecular weight is 237 g/mol. The lowest BCUT2D eigenvalue weighted by Crippen LogP contribution is -2.31. The Bertz CT molecular complexity index is 369. The zero-order valence-corrected chi connectivity index (χ0v) is 10.3. The quantitative estimate of drug-likeness (QED) is 0.729. The van der Waals surface area contributed by atoms with E-state index in [1.54, 1.807) is 30.4 Å². The number of amides is 1. The highest BCUT2D eigenvalue weighted by molar-refractivity contribution is 5.95. The van der Waals surface area contributed by atoms with E-state index in [9.17, 15) is 4.79 Å². The Balaban J connectivity index is 2.49. The van der Waals surface area contributed by atoms with E-state index in [0.717, 1.165) is 5.56 Å². The van der Waals surface area contributed by atoms with Crippen molar-refractivity contribution >= 4 is 5.91 Å². The molecule has 94 valence electrons. The molecule has 0 atom stereocenters. The van der Waals surface area contributed by atoms with Gasteiger partial charge in [-0.25, -0.2) is 0 Å². The van der Waals surface area contributed by atoms with Crippen LogP contribution in [0.15, 0.2) is 18.5 Å². The molecule has 1 amide bonds. The lowest BCUT2D eigenvalue weighted by atomic mass is 10.1. The van der Waals surface area contributed by atoms with E-state index >= 15 is 0 Å². The molecule has 0 unspecified atom stereocenters. The molecule has 0 saturated carbocycles. The molecule has 1 aromatic heterocycles. The largest absolute Gasteiger partial charge is 0.378 e. The van der Waals surface area contributed by atoms with Crippen molar-refractivity contribution in [3.05, 3.63) is 29.6 Å². The molecule has 1 aromatic rings. The first-order chi connectivity index (χ1) is 8.16. The predicted molar refractivity (Wildman–Crippen MR) is 65.8 cm³/mol. The number of nitrogens with two attached hydrogens (primary N) is 1. The molecule has 2 N–H and O–H groups in total. The standard InChI is InChI=1S/C12H19N3O2/c1-10-9-14-5-3-11(10)12(16)15(2)6-8-17-7-4-13/h3,5,9H,4,6-8,13H2,1-2H3. The van der Waals surface area contributed by atoms with Crippen LogP contribution < -0.4 is 5.73 Å². The second kappa shape index (κ2) is 6.98. The zero-order valence-electron chi connectivity index (χ0n) is 10.3. The number of likely N-dealkylation sites (N-methyl/N-ethyl adjacent to an activating group) is 1. The van der Waals surface area contributed by atoms with Gasteiger partial charge in [-0.1, -0.05) is 0 Å². The fourth-order valence-corrected chi connectivity index (χ4v) is 1.41. The molecule has 5 heteroatoms. The van der Waals surface area contributed by atoms with Crippen LogP contribution in [0.1, 0.15) is 15.9 Å². The maximum atomic E-state index is 12.0. The van der Waals surface area contributed by atoms with Gasteiger partial charge in [-0.3, -0.25) is 9.78 Å². The van der Waals surface area contributed by atoms with Crippen molar-refractivity contribution in [2.45, 2.75) is 6.92 Å². The van der Waals surface area contributed by atoms with Crippen molar-refractivity contribution < 1.29 is 9.53 Å². The molecule has 0 aliphatic rings. The molecule has 0 aromatic carbocycles. The van der Waals surface area contributed by atoms with Crippen LogP contribution in [0.4, 0.5) is 0 Å². The topological polar surface area (TPSA) is 68.5 Å². The third-order valence-electron chi connectivity index (χ3n) is 2.43. The normalized spacial score (nSPS) is 10.3. The first-order valence-electron chi connectivity index (χ1n) is 5.60. The van der Waals surface area contributed by atoms with Crippen LogP contribution in [-0.2, 0) is 4.74 Å². The van der Waals surface area contributed by atoms with Crippen molar-refractivity contribution in [1.82, 2.24) is 9.88 Å². The molecule has 0 saturated heterocycles. The molecule has 1 heterocycles. The van der Waals surface area contributed by atoms with E-state index in [-0.39, 0.29) is 5.91 Å². The molecule has 5 nitrogen and oxygen atoms in total. The van der Waals surface area contributed by atoms with Gasteiger partial charge in [-0.2, -0.15) is 0 Å². The molecule has 0 spiro atoms. The van der Waals surface area contributed by atoms with E-state index in [4.69, 9.17) is 10.5 Å². The van der Waals surface area contributed by atoms with Crippen molar-refractivity contribution in [2.75, 3.05) is 33.4 Å². The van der Waals surface area contributed by atoms with Gasteiger partial charge < -0.3 is 15.4 Å². The Morgan fingerprint density at radius 1 is 1.53 bits per heavy atom. The van der Waals surface area contributed by atoms with Crippen molar-refractivity contribution in [1.29, 1.82) is 0 Å². The average Bonchev–Trinajstić information content (AvgIpc) is 2.34. The molecule has 1 rings (SSSR count). The molecule has 0 fully saturated rings. The van der Waals surface area contributed by atoms with Crippen molar-refractivity contribution in [2.24, 2.45) is 5.73 Å². The smallest absolute Gasteiger partial charge is 0.254 e. The number of aromatic nitrogens is 1. The maximum absolute atomic E-state index is 12.0. The van der Waals surface area contributed by atoms with Crippen molar-refractivity contribution in [3.63, 3.8) is 0 Å². The van der Waals surface area contributed by atoms with Gasteiger partial charge in [0.15, 0.2) is 0 Å². The number of ether oxygens (including phenoxy) is 1. The van der Waals surface area contributed by atoms with E-state index in [0.29, 0.717) is 31.9 Å². The predicted octanol–water partition coefficient (Wildman–Crippen LogP) is 0.437. The second-order valence-electron chi connectivity index (χ2n) is 3.82. The summed E-state index contributed by atoms with van der Waals surface area (Å²) in [6.45, 7) is 3.96. The van der Waals surface area contributed by atoms with Gasteiger partial charge in [0.2, 0.25) is 0 Å². The fraction of sp³-hybridized carbons (Fsp3) is 0.500. The lowest BCUT2D eigenvalue weighted by molar-refractivity contribution is 0.0703. The maximum Gasteiger partial charge on any atom is 0.254 e. The summed E-state index contributed by atoms with van der Waals surface area (Å²) in [4.78, 5) is 17.6. The first-order valence-corrected chi connectivity index (χ1v) is 5.60. The van der Waals surface area contributed by atoms with Gasteiger partial charge in [0, 0.05) is 38.1 Å². The summed E-state index contributed by atoms with van der Waals surface area (Å²) in [5, 5.41) is 0. The summed E-state index contributed by atoms with van der Waals surface area (Å²) in [6.07, 6.45) is 3.31. The lowest BCUT2D eigenvalue weighted by Gasteiger charge is -2.18. The molecular formula is C12H19N3O2. The van der Waals surface area contributed by atoms with Crippen LogP contribution >= 0.6 is 0 Å². The van der Waals surface area contributed by atoms with Crippen LogP contribution in [0.2, 0.25) is 0 Å². The Labute approximate surface area is 102 Å². The molecule has 0 bridgehead atoms. The molecule has 0 aliphatic heterocycles. The summed E-state index contributed by atoms with van der Waals surface area (Å²) in [5.41, 5.74) is 6.87. The van der Waals surface area contributed by atoms with E-state index in [1.807, 2.05) is 6.92 Å². The van der Waals surface area contributed by atoms with Gasteiger partial charge in [0.05, 0.1) is 13.2 Å². The Morgan fingerprint density at radius 2 is 2.29 bits per heavy atom. The van der Waals surface area contributed by atoms with Crippen LogP contribution in [0, 0.1) is 6.92 Å². The number of hydrogen-bond acceptors (Lipinski definition) is 4. The van der Waals surface area contributed by atoms with Crippen molar-refractivity contribution in [3.8, 4) is 0 Å². The minimum Gasteiger partial charge on any atom is -0.378 e. The number of nitrogens with zero attached hydrogens (tertiary/aromatic N) is 2. The van der Waals surface area contributed by atoms with Crippen LogP contribution in [-0.4, -0.2) is 49.1 Å². The summed E-state index contributed by atoms with van der Waals surface area (Å²) < 4.78 is 5.24. The van der Waals surface area contributed by atoms with E-state index < -0.39 is 0 Å². The number of aryl methyl sites for hydroxylation is 1. The number of carbonyl (C=O) groups excluding carboxylic acids is 1. The summed E-state index contributed by atoms with van der Waals surface area (Å²) >= 11 is 0. The summed E-state index contributed by atoms with van der Waals surface area (Å²) in [6, 6.07) is 1.73. The number of rotatable bonds is 6. The fourth-order valence-electron chi connectivity index (χ4n) is 1.41. The highest BCUT2D eigenvalue weighted by Crippen LogP contribution is 2.07. The Hall–Kier alpha value is -1.46. The second-order valence-corrected chi connectivity index (χ2v) is 3.82. The van der Waals surface area contributed by atoms with E-state index in [2.05, 4.69) is 4.98 Å². The molecular weight excluding hydrogens is 218 g/mol. The van der Waals surface area contributed by atoms with Gasteiger partial charge in [-0.05, 0) is 18.6 Å². The Morgan fingerprint density at radius 3 is 2.94 bits per heavy atom. The monoisotopic (exact) mass is 237 g/mol. The third kappa shape index (κ3) is 4.13. The SMILES string of the molecule is Cc1cnccc1C(=O)N(C)CCOCCN. The highest BCUT2D eigenvalue weighted by atomic mass is 16.5.